The van der Waals surface area contributed by atoms with Crippen molar-refractivity contribution in [2.24, 2.45) is 0 Å². The molecule has 3 aromatic carbocycles. The van der Waals surface area contributed by atoms with Crippen LogP contribution in [0.2, 0.25) is 0 Å². The summed E-state index contributed by atoms with van der Waals surface area (Å²) in [5, 5.41) is 0. The number of hydrogen-bond donors (Lipinski definition) is 0. The Morgan fingerprint density at radius 3 is 2.03 bits per heavy atom. The number of ether oxygens (including phenoxy) is 1. The molecule has 0 fully saturated rings. The van der Waals surface area contributed by atoms with Gasteiger partial charge in [-0.2, -0.15) is 0 Å². The van der Waals surface area contributed by atoms with E-state index in [2.05, 4.69) is 0 Å². The quantitative estimate of drug-likeness (QED) is 0.582. The van der Waals surface area contributed by atoms with Gasteiger partial charge in [-0.05, 0) is 48.2 Å². The van der Waals surface area contributed by atoms with Crippen LogP contribution in [0.4, 0.5) is 0 Å². The third-order valence-electron chi connectivity index (χ3n) is 5.42. The zero-order valence-corrected chi connectivity index (χ0v) is 17.3. The Labute approximate surface area is 176 Å². The second-order valence-electron chi connectivity index (χ2n) is 7.48. The normalized spacial score (nSPS) is 13.9. The summed E-state index contributed by atoms with van der Waals surface area (Å²) in [6, 6.07) is 22.8. The maximum atomic E-state index is 13.5. The van der Waals surface area contributed by atoms with Crippen molar-refractivity contribution < 1.29 is 14.3 Å². The van der Waals surface area contributed by atoms with Crippen molar-refractivity contribution in [2.45, 2.75) is 20.4 Å². The van der Waals surface area contributed by atoms with Crippen LogP contribution in [0.1, 0.15) is 27.8 Å². The summed E-state index contributed by atoms with van der Waals surface area (Å²) < 4.78 is 5.20. The van der Waals surface area contributed by atoms with E-state index < -0.39 is 0 Å². The molecule has 4 rings (SSSR count). The smallest absolute Gasteiger partial charge is 0.262 e. The lowest BCUT2D eigenvalue weighted by Gasteiger charge is -2.16. The average Bonchev–Trinajstić information content (AvgIpc) is 3.00. The van der Waals surface area contributed by atoms with Crippen LogP contribution in [0.25, 0.3) is 11.1 Å². The zero-order chi connectivity index (χ0) is 21.3. The molecule has 4 heteroatoms. The Kier molecular flexibility index (Phi) is 5.23. The first-order valence-corrected chi connectivity index (χ1v) is 9.86. The number of nitrogens with zero attached hydrogens (tertiary/aromatic N) is 1. The van der Waals surface area contributed by atoms with Crippen LogP contribution in [-0.4, -0.2) is 23.8 Å². The minimum Gasteiger partial charge on any atom is -0.497 e. The Morgan fingerprint density at radius 1 is 0.767 bits per heavy atom. The number of rotatable bonds is 5. The number of carbonyl (C=O) groups excluding carboxylic acids is 2. The van der Waals surface area contributed by atoms with Gasteiger partial charge in [-0.1, -0.05) is 66.2 Å². The van der Waals surface area contributed by atoms with Gasteiger partial charge in [-0.15, -0.1) is 0 Å². The molecule has 0 atom stereocenters. The highest BCUT2D eigenvalue weighted by Crippen LogP contribution is 2.37. The second-order valence-corrected chi connectivity index (χ2v) is 7.48. The molecule has 0 aliphatic carbocycles. The molecular weight excluding hydrogens is 374 g/mol. The molecular formula is C26H23NO3. The predicted octanol–water partition coefficient (Wildman–Crippen LogP) is 4.79. The van der Waals surface area contributed by atoms with Crippen molar-refractivity contribution in [1.29, 1.82) is 0 Å². The summed E-state index contributed by atoms with van der Waals surface area (Å²) in [6.07, 6.45) is 0. The Bertz CT molecular complexity index is 1140. The molecule has 1 heterocycles. The van der Waals surface area contributed by atoms with E-state index in [1.807, 2.05) is 86.6 Å². The molecule has 0 radical (unpaired) electrons. The summed E-state index contributed by atoms with van der Waals surface area (Å²) >= 11 is 0. The van der Waals surface area contributed by atoms with E-state index in [1.165, 1.54) is 4.90 Å². The van der Waals surface area contributed by atoms with E-state index in [9.17, 15) is 9.59 Å². The third-order valence-corrected chi connectivity index (χ3v) is 5.42. The lowest BCUT2D eigenvalue weighted by molar-refractivity contribution is -0.136. The number of imide groups is 1. The topological polar surface area (TPSA) is 46.6 Å². The van der Waals surface area contributed by atoms with Crippen LogP contribution >= 0.6 is 0 Å². The predicted molar refractivity (Wildman–Crippen MR) is 118 cm³/mol. The highest BCUT2D eigenvalue weighted by molar-refractivity contribution is 6.49. The van der Waals surface area contributed by atoms with Gasteiger partial charge in [0.1, 0.15) is 5.75 Å². The Balaban J connectivity index is 1.79. The maximum Gasteiger partial charge on any atom is 0.262 e. The number of amides is 2. The SMILES string of the molecule is COc1ccc(CN2C(=O)C(c3ccc(C)cc3)=C(c3ccccc3C)C2=O)cc1. The maximum absolute atomic E-state index is 13.5. The van der Waals surface area contributed by atoms with E-state index in [0.29, 0.717) is 11.1 Å². The molecule has 0 spiro atoms. The van der Waals surface area contributed by atoms with Crippen molar-refractivity contribution in [3.63, 3.8) is 0 Å². The summed E-state index contributed by atoms with van der Waals surface area (Å²) in [4.78, 5) is 28.2. The Morgan fingerprint density at radius 2 is 1.40 bits per heavy atom. The Hall–Kier alpha value is -3.66. The summed E-state index contributed by atoms with van der Waals surface area (Å²) in [7, 11) is 1.61. The second kappa shape index (κ2) is 7.99. The van der Waals surface area contributed by atoms with E-state index in [1.54, 1.807) is 7.11 Å². The number of aryl methyl sites for hydroxylation is 2. The standard InChI is InChI=1S/C26H23NO3/c1-17-8-12-20(13-9-17)23-24(22-7-5-4-6-18(22)2)26(29)27(25(23)28)16-19-10-14-21(30-3)15-11-19/h4-15H,16H2,1-3H3. The molecule has 0 N–H and O–H groups in total. The van der Waals surface area contributed by atoms with Gasteiger partial charge in [0.05, 0.1) is 24.8 Å². The number of carbonyl (C=O) groups is 2. The van der Waals surface area contributed by atoms with Crippen molar-refractivity contribution in [3.05, 3.63) is 101 Å². The van der Waals surface area contributed by atoms with Gasteiger partial charge in [0.2, 0.25) is 0 Å². The van der Waals surface area contributed by atoms with Gasteiger partial charge in [-0.25, -0.2) is 0 Å². The lowest BCUT2D eigenvalue weighted by Crippen LogP contribution is -2.31. The van der Waals surface area contributed by atoms with Gasteiger partial charge < -0.3 is 4.74 Å². The van der Waals surface area contributed by atoms with E-state index in [-0.39, 0.29) is 18.4 Å². The first kappa shape index (κ1) is 19.6. The van der Waals surface area contributed by atoms with Crippen molar-refractivity contribution in [2.75, 3.05) is 7.11 Å². The first-order chi connectivity index (χ1) is 14.5. The van der Waals surface area contributed by atoms with Crippen LogP contribution in [0.5, 0.6) is 5.75 Å². The van der Waals surface area contributed by atoms with Crippen LogP contribution in [0, 0.1) is 13.8 Å². The zero-order valence-electron chi connectivity index (χ0n) is 17.3. The molecule has 0 saturated carbocycles. The third kappa shape index (κ3) is 3.52. The molecule has 2 amide bonds. The summed E-state index contributed by atoms with van der Waals surface area (Å²) in [6.45, 7) is 4.17. The highest BCUT2D eigenvalue weighted by Gasteiger charge is 2.39. The van der Waals surface area contributed by atoms with Crippen LogP contribution in [0.15, 0.2) is 72.8 Å². The molecule has 0 aromatic heterocycles. The first-order valence-electron chi connectivity index (χ1n) is 9.86. The van der Waals surface area contributed by atoms with E-state index >= 15 is 0 Å². The largest absolute Gasteiger partial charge is 0.497 e. The van der Waals surface area contributed by atoms with E-state index in [4.69, 9.17) is 4.74 Å². The minimum atomic E-state index is -0.266. The molecule has 1 aliphatic heterocycles. The molecule has 3 aromatic rings. The number of benzene rings is 3. The molecule has 0 unspecified atom stereocenters. The van der Waals surface area contributed by atoms with Crippen molar-refractivity contribution in [3.8, 4) is 5.75 Å². The van der Waals surface area contributed by atoms with Crippen molar-refractivity contribution >= 4 is 23.0 Å². The van der Waals surface area contributed by atoms with Gasteiger partial charge in [-0.3, -0.25) is 14.5 Å². The van der Waals surface area contributed by atoms with Gasteiger partial charge in [0.25, 0.3) is 11.8 Å². The monoisotopic (exact) mass is 397 g/mol. The molecule has 30 heavy (non-hydrogen) atoms. The molecule has 150 valence electrons. The van der Waals surface area contributed by atoms with Crippen LogP contribution in [0.3, 0.4) is 0 Å². The fourth-order valence-corrected chi connectivity index (χ4v) is 3.72. The average molecular weight is 397 g/mol. The van der Waals surface area contributed by atoms with E-state index in [0.717, 1.165) is 33.6 Å². The van der Waals surface area contributed by atoms with Crippen LogP contribution < -0.4 is 4.74 Å². The molecule has 4 nitrogen and oxygen atoms in total. The highest BCUT2D eigenvalue weighted by atomic mass is 16.5. The fourth-order valence-electron chi connectivity index (χ4n) is 3.72. The number of methoxy groups -OCH3 is 1. The lowest BCUT2D eigenvalue weighted by atomic mass is 9.93. The number of hydrogen-bond acceptors (Lipinski definition) is 3. The van der Waals surface area contributed by atoms with Crippen molar-refractivity contribution in [1.82, 2.24) is 4.90 Å². The minimum absolute atomic E-state index is 0.215. The van der Waals surface area contributed by atoms with Gasteiger partial charge in [0, 0.05) is 0 Å². The summed E-state index contributed by atoms with van der Waals surface area (Å²) in [5.74, 6) is 0.204. The molecule has 0 saturated heterocycles. The van der Waals surface area contributed by atoms with Crippen LogP contribution in [-0.2, 0) is 16.1 Å². The van der Waals surface area contributed by atoms with Gasteiger partial charge in [0.15, 0.2) is 0 Å². The summed E-state index contributed by atoms with van der Waals surface area (Å²) in [5.41, 5.74) is 5.41. The molecule has 1 aliphatic rings. The molecule has 0 bridgehead atoms. The van der Waals surface area contributed by atoms with Gasteiger partial charge >= 0.3 is 0 Å². The fraction of sp³-hybridized carbons (Fsp3) is 0.154.